The maximum absolute atomic E-state index is 12.5. The summed E-state index contributed by atoms with van der Waals surface area (Å²) in [4.78, 5) is 26.0. The highest BCUT2D eigenvalue weighted by molar-refractivity contribution is 7.16. The van der Waals surface area contributed by atoms with E-state index in [2.05, 4.69) is 18.3 Å². The SMILES string of the molecule is COc1cc(C(=O)OCC(=O)Nc2sc3c(c2C#N)CCC(C)C3)cc(OC)c1OC. The van der Waals surface area contributed by atoms with E-state index in [9.17, 15) is 14.9 Å². The number of carbonyl (C=O) groups is 2. The minimum atomic E-state index is -0.714. The molecule has 1 heterocycles. The number of esters is 1. The molecule has 1 aromatic heterocycles. The van der Waals surface area contributed by atoms with Gasteiger partial charge in [-0.05, 0) is 42.9 Å². The molecule has 1 unspecified atom stereocenters. The number of hydrogen-bond donors (Lipinski definition) is 1. The van der Waals surface area contributed by atoms with Gasteiger partial charge in [-0.3, -0.25) is 4.79 Å². The molecule has 0 bridgehead atoms. The molecule has 0 aliphatic heterocycles. The van der Waals surface area contributed by atoms with E-state index in [0.29, 0.717) is 33.7 Å². The molecule has 0 radical (unpaired) electrons. The number of rotatable bonds is 7. The minimum absolute atomic E-state index is 0.153. The fourth-order valence-electron chi connectivity index (χ4n) is 3.53. The summed E-state index contributed by atoms with van der Waals surface area (Å²) < 4.78 is 20.8. The smallest absolute Gasteiger partial charge is 0.338 e. The number of benzene rings is 1. The van der Waals surface area contributed by atoms with Crippen molar-refractivity contribution in [2.45, 2.75) is 26.2 Å². The van der Waals surface area contributed by atoms with Gasteiger partial charge in [0.1, 0.15) is 11.1 Å². The van der Waals surface area contributed by atoms with Crippen molar-refractivity contribution in [3.05, 3.63) is 33.7 Å². The van der Waals surface area contributed by atoms with Crippen LogP contribution in [0.2, 0.25) is 0 Å². The van der Waals surface area contributed by atoms with Gasteiger partial charge in [0, 0.05) is 4.88 Å². The first kappa shape index (κ1) is 22.4. The van der Waals surface area contributed by atoms with Gasteiger partial charge in [0.15, 0.2) is 18.1 Å². The molecule has 1 aliphatic rings. The number of ether oxygens (including phenoxy) is 4. The van der Waals surface area contributed by atoms with E-state index in [-0.39, 0.29) is 5.56 Å². The third-order valence-electron chi connectivity index (χ3n) is 5.11. The summed E-state index contributed by atoms with van der Waals surface area (Å²) in [7, 11) is 4.34. The molecule has 1 amide bonds. The minimum Gasteiger partial charge on any atom is -0.493 e. The monoisotopic (exact) mass is 444 g/mol. The second kappa shape index (κ2) is 9.71. The molecule has 1 aromatic carbocycles. The van der Waals surface area contributed by atoms with Gasteiger partial charge in [0.05, 0.1) is 32.5 Å². The lowest BCUT2D eigenvalue weighted by atomic mass is 9.89. The third kappa shape index (κ3) is 4.75. The summed E-state index contributed by atoms with van der Waals surface area (Å²) in [6.45, 7) is 1.69. The second-order valence-electron chi connectivity index (χ2n) is 7.21. The molecular formula is C22H24N2O6S. The summed E-state index contributed by atoms with van der Waals surface area (Å²) in [5.41, 5.74) is 1.69. The number of nitriles is 1. The first-order valence-electron chi connectivity index (χ1n) is 9.73. The average molecular weight is 445 g/mol. The number of nitrogens with one attached hydrogen (secondary N) is 1. The maximum atomic E-state index is 12.5. The highest BCUT2D eigenvalue weighted by Gasteiger charge is 2.25. The van der Waals surface area contributed by atoms with Crippen LogP contribution in [0, 0.1) is 17.2 Å². The van der Waals surface area contributed by atoms with E-state index in [4.69, 9.17) is 18.9 Å². The highest BCUT2D eigenvalue weighted by Crippen LogP contribution is 2.40. The van der Waals surface area contributed by atoms with Crippen molar-refractivity contribution in [2.24, 2.45) is 5.92 Å². The van der Waals surface area contributed by atoms with Crippen molar-refractivity contribution in [3.8, 4) is 23.3 Å². The average Bonchev–Trinajstić information content (AvgIpc) is 3.11. The molecule has 2 aromatic rings. The number of carbonyl (C=O) groups excluding carboxylic acids is 2. The fourth-order valence-corrected chi connectivity index (χ4v) is 4.91. The van der Waals surface area contributed by atoms with Crippen LogP contribution in [0.4, 0.5) is 5.00 Å². The molecule has 0 fully saturated rings. The molecule has 31 heavy (non-hydrogen) atoms. The highest BCUT2D eigenvalue weighted by atomic mass is 32.1. The van der Waals surface area contributed by atoms with E-state index in [1.165, 1.54) is 44.8 Å². The summed E-state index contributed by atoms with van der Waals surface area (Å²) in [6, 6.07) is 5.10. The van der Waals surface area contributed by atoms with E-state index < -0.39 is 18.5 Å². The largest absolute Gasteiger partial charge is 0.493 e. The molecule has 8 nitrogen and oxygen atoms in total. The van der Waals surface area contributed by atoms with Crippen molar-refractivity contribution in [1.82, 2.24) is 0 Å². The van der Waals surface area contributed by atoms with Crippen molar-refractivity contribution in [3.63, 3.8) is 0 Å². The predicted octanol–water partition coefficient (Wildman–Crippen LogP) is 3.57. The Balaban J connectivity index is 1.68. The lowest BCUT2D eigenvalue weighted by Crippen LogP contribution is -2.21. The summed E-state index contributed by atoms with van der Waals surface area (Å²) in [6.07, 6.45) is 2.76. The Morgan fingerprint density at radius 3 is 2.45 bits per heavy atom. The number of hydrogen-bond acceptors (Lipinski definition) is 8. The number of nitrogens with zero attached hydrogens (tertiary/aromatic N) is 1. The van der Waals surface area contributed by atoms with Crippen LogP contribution < -0.4 is 19.5 Å². The van der Waals surface area contributed by atoms with Gasteiger partial charge in [0.25, 0.3) is 5.91 Å². The van der Waals surface area contributed by atoms with Gasteiger partial charge in [-0.25, -0.2) is 4.79 Å². The number of amides is 1. The quantitative estimate of drug-likeness (QED) is 0.651. The standard InChI is InChI=1S/C22H24N2O6S/c1-12-5-6-14-15(10-23)21(31-18(14)7-12)24-19(25)11-30-22(26)13-8-16(27-2)20(29-4)17(9-13)28-3/h8-9,12H,5-7,11H2,1-4H3,(H,24,25). The molecular weight excluding hydrogens is 420 g/mol. The Kier molecular flexibility index (Phi) is 7.02. The Labute approximate surface area is 184 Å². The zero-order valence-corrected chi connectivity index (χ0v) is 18.7. The topological polar surface area (TPSA) is 107 Å². The van der Waals surface area contributed by atoms with Crippen LogP contribution in [-0.2, 0) is 22.4 Å². The van der Waals surface area contributed by atoms with Crippen LogP contribution in [0.15, 0.2) is 12.1 Å². The Morgan fingerprint density at radius 1 is 1.19 bits per heavy atom. The van der Waals surface area contributed by atoms with Crippen molar-refractivity contribution in [2.75, 3.05) is 33.3 Å². The van der Waals surface area contributed by atoms with Crippen molar-refractivity contribution in [1.29, 1.82) is 5.26 Å². The first-order valence-corrected chi connectivity index (χ1v) is 10.5. The molecule has 0 saturated heterocycles. The summed E-state index contributed by atoms with van der Waals surface area (Å²) in [5, 5.41) is 12.8. The molecule has 9 heteroatoms. The van der Waals surface area contributed by atoms with Gasteiger partial charge in [-0.15, -0.1) is 11.3 Å². The molecule has 0 spiro atoms. The lowest BCUT2D eigenvalue weighted by molar-refractivity contribution is -0.119. The third-order valence-corrected chi connectivity index (χ3v) is 6.28. The van der Waals surface area contributed by atoms with Gasteiger partial charge < -0.3 is 24.3 Å². The Morgan fingerprint density at radius 2 is 1.87 bits per heavy atom. The predicted molar refractivity (Wildman–Crippen MR) is 115 cm³/mol. The lowest BCUT2D eigenvalue weighted by Gasteiger charge is -2.17. The van der Waals surface area contributed by atoms with Crippen LogP contribution in [0.25, 0.3) is 0 Å². The number of thiophene rings is 1. The Bertz CT molecular complexity index is 1010. The van der Waals surface area contributed by atoms with Crippen LogP contribution in [0.5, 0.6) is 17.2 Å². The summed E-state index contributed by atoms with van der Waals surface area (Å²) in [5.74, 6) is 0.281. The number of methoxy groups -OCH3 is 3. The molecule has 164 valence electrons. The maximum Gasteiger partial charge on any atom is 0.338 e. The molecule has 3 rings (SSSR count). The normalized spacial score (nSPS) is 14.7. The Hall–Kier alpha value is -3.25. The van der Waals surface area contributed by atoms with Gasteiger partial charge in [-0.2, -0.15) is 5.26 Å². The zero-order chi connectivity index (χ0) is 22.5. The van der Waals surface area contributed by atoms with Gasteiger partial charge >= 0.3 is 5.97 Å². The van der Waals surface area contributed by atoms with Crippen molar-refractivity contribution >= 4 is 28.2 Å². The van der Waals surface area contributed by atoms with Crippen LogP contribution >= 0.6 is 11.3 Å². The van der Waals surface area contributed by atoms with Gasteiger partial charge in [0.2, 0.25) is 5.75 Å². The fraction of sp³-hybridized carbons (Fsp3) is 0.409. The zero-order valence-electron chi connectivity index (χ0n) is 17.9. The van der Waals surface area contributed by atoms with Crippen LogP contribution in [0.3, 0.4) is 0 Å². The van der Waals surface area contributed by atoms with Gasteiger partial charge in [-0.1, -0.05) is 6.92 Å². The molecule has 0 saturated carbocycles. The molecule has 1 N–H and O–H groups in total. The number of fused-ring (bicyclic) bond motifs is 1. The first-order chi connectivity index (χ1) is 14.9. The van der Waals surface area contributed by atoms with E-state index in [1.807, 2.05) is 0 Å². The number of anilines is 1. The van der Waals surface area contributed by atoms with Crippen LogP contribution in [0.1, 0.15) is 39.7 Å². The molecule has 1 atom stereocenters. The van der Waals surface area contributed by atoms with Crippen molar-refractivity contribution < 1.29 is 28.5 Å². The molecule has 1 aliphatic carbocycles. The van der Waals surface area contributed by atoms with E-state index >= 15 is 0 Å². The van der Waals surface area contributed by atoms with E-state index in [0.717, 1.165) is 29.7 Å². The van der Waals surface area contributed by atoms with E-state index in [1.54, 1.807) is 0 Å². The second-order valence-corrected chi connectivity index (χ2v) is 8.31. The van der Waals surface area contributed by atoms with Crippen LogP contribution in [-0.4, -0.2) is 39.8 Å². The summed E-state index contributed by atoms with van der Waals surface area (Å²) >= 11 is 1.42.